The molecular weight excluding hydrogens is 593 g/mol. The van der Waals surface area contributed by atoms with Gasteiger partial charge in [0.2, 0.25) is 5.91 Å². The van der Waals surface area contributed by atoms with Crippen LogP contribution in [0.1, 0.15) is 61.3 Å². The Morgan fingerprint density at radius 3 is 2.51 bits per heavy atom. The van der Waals surface area contributed by atoms with E-state index in [1.54, 1.807) is 6.20 Å². The van der Waals surface area contributed by atoms with Crippen LogP contribution < -0.4 is 11.1 Å². The van der Waals surface area contributed by atoms with Gasteiger partial charge in [-0.2, -0.15) is 5.10 Å². The van der Waals surface area contributed by atoms with Crippen LogP contribution in [-0.2, 0) is 17.6 Å². The van der Waals surface area contributed by atoms with Gasteiger partial charge in [-0.3, -0.25) is 9.36 Å². The van der Waals surface area contributed by atoms with Gasteiger partial charge in [-0.25, -0.2) is 24.0 Å². The number of hydrogen-bond donors (Lipinski definition) is 2. The minimum atomic E-state index is -0.830. The first kappa shape index (κ1) is 29.7. The van der Waals surface area contributed by atoms with Crippen molar-refractivity contribution in [3.63, 3.8) is 0 Å². The monoisotopic (exact) mass is 633 g/mol. The molecule has 5 aromatic rings. The van der Waals surface area contributed by atoms with Gasteiger partial charge in [0.25, 0.3) is 0 Å². The lowest BCUT2D eigenvalue weighted by atomic mass is 10.1. The van der Waals surface area contributed by atoms with Crippen LogP contribution in [0.3, 0.4) is 0 Å². The lowest BCUT2D eigenvalue weighted by Crippen LogP contribution is -2.44. The summed E-state index contributed by atoms with van der Waals surface area (Å²) in [5.74, 6) is 3.14. The number of piperidine rings is 1. The average Bonchev–Trinajstić information content (AvgIpc) is 4.01. The van der Waals surface area contributed by atoms with Crippen molar-refractivity contribution in [3.8, 4) is 22.9 Å². The van der Waals surface area contributed by atoms with Gasteiger partial charge in [-0.1, -0.05) is 6.07 Å². The molecule has 3 N–H and O–H groups in total. The van der Waals surface area contributed by atoms with Crippen molar-refractivity contribution in [1.82, 2.24) is 39.5 Å². The van der Waals surface area contributed by atoms with Crippen molar-refractivity contribution in [2.75, 3.05) is 25.9 Å². The Morgan fingerprint density at radius 2 is 1.77 bits per heavy atom. The van der Waals surface area contributed by atoms with E-state index < -0.39 is 6.17 Å². The number of pyridine rings is 2. The third-order valence-corrected chi connectivity index (χ3v) is 9.88. The number of anilines is 1. The van der Waals surface area contributed by atoms with Crippen LogP contribution in [0.15, 0.2) is 60.9 Å². The number of alkyl halides is 1. The van der Waals surface area contributed by atoms with Crippen LogP contribution >= 0.6 is 0 Å². The van der Waals surface area contributed by atoms with Crippen LogP contribution in [0.25, 0.3) is 34.1 Å². The molecule has 0 radical (unpaired) electrons. The molecule has 4 aliphatic rings. The molecule has 242 valence electrons. The summed E-state index contributed by atoms with van der Waals surface area (Å²) in [6, 6.07) is 16.4. The number of carbonyl (C=O) groups is 1. The van der Waals surface area contributed by atoms with E-state index in [0.29, 0.717) is 53.9 Å². The molecule has 0 spiro atoms. The molecule has 3 fully saturated rings. The Labute approximate surface area is 273 Å². The van der Waals surface area contributed by atoms with Gasteiger partial charge in [0.15, 0.2) is 17.3 Å². The first-order valence-electron chi connectivity index (χ1n) is 16.8. The van der Waals surface area contributed by atoms with E-state index in [1.165, 1.54) is 12.8 Å². The quantitative estimate of drug-likeness (QED) is 0.265. The van der Waals surface area contributed by atoms with E-state index in [9.17, 15) is 9.18 Å². The summed E-state index contributed by atoms with van der Waals surface area (Å²) in [4.78, 5) is 27.8. The zero-order valence-electron chi connectivity index (χ0n) is 26.6. The molecule has 1 amide bonds. The zero-order valence-corrected chi connectivity index (χ0v) is 26.6. The molecule has 5 heterocycles. The van der Waals surface area contributed by atoms with Gasteiger partial charge < -0.3 is 16.0 Å². The van der Waals surface area contributed by atoms with E-state index in [2.05, 4.69) is 16.4 Å². The van der Waals surface area contributed by atoms with Gasteiger partial charge >= 0.3 is 0 Å². The van der Waals surface area contributed by atoms with E-state index in [4.69, 9.17) is 20.8 Å². The predicted octanol–water partition coefficient (Wildman–Crippen LogP) is 5.17. The van der Waals surface area contributed by atoms with Crippen LogP contribution in [-0.4, -0.2) is 72.5 Å². The number of nitrogens with zero attached hydrogens (tertiary/aromatic N) is 7. The first-order valence-corrected chi connectivity index (χ1v) is 16.8. The highest BCUT2D eigenvalue weighted by Crippen LogP contribution is 2.39. The first-order chi connectivity index (χ1) is 22.9. The molecule has 1 aliphatic heterocycles. The molecule has 10 nitrogen and oxygen atoms in total. The van der Waals surface area contributed by atoms with Crippen LogP contribution in [0.5, 0.6) is 0 Å². The highest BCUT2D eigenvalue weighted by Gasteiger charge is 2.34. The summed E-state index contributed by atoms with van der Waals surface area (Å²) in [5, 5.41) is 8.01. The SMILES string of the molecule is CNC1CCN(C(=O)C2CC2)CC1.Nc1ncccc1-c1nc2ccc(-n3ccc(C4CC4)n3)nc2n1-c1ccc2c(c1)CC(F)C2. The van der Waals surface area contributed by atoms with E-state index in [-0.39, 0.29) is 0 Å². The standard InChI is InChI=1S/C26H22FN7.C10H18N2O/c27-18-12-16-5-6-19(14-17(16)13-18)34-25(20-2-1-10-29-24(20)28)30-22-7-8-23(31-26(22)34)33-11-9-21(32-33)15-3-4-15;1-11-9-4-6-12(7-5-9)10(13)8-2-3-8/h1-2,5-11,14-15,18H,3-4,12-13H2,(H2,28,29);8-9,11H,2-7H2,1H3. The van der Waals surface area contributed by atoms with Crippen molar-refractivity contribution >= 4 is 22.9 Å². The van der Waals surface area contributed by atoms with Gasteiger partial charge in [0.05, 0.1) is 11.3 Å². The maximum absolute atomic E-state index is 14.1. The number of aromatic nitrogens is 6. The number of benzene rings is 1. The van der Waals surface area contributed by atoms with E-state index >= 15 is 0 Å². The van der Waals surface area contributed by atoms with Crippen LogP contribution in [0.4, 0.5) is 10.2 Å². The fourth-order valence-corrected chi connectivity index (χ4v) is 6.84. The fraction of sp³-hybridized carbons (Fsp3) is 0.417. The normalized spacial score (nSPS) is 19.4. The van der Waals surface area contributed by atoms with Crippen molar-refractivity contribution in [1.29, 1.82) is 0 Å². The van der Waals surface area contributed by atoms with Gasteiger partial charge in [0.1, 0.15) is 17.5 Å². The molecule has 1 atom stereocenters. The summed E-state index contributed by atoms with van der Waals surface area (Å²) < 4.78 is 17.9. The predicted molar refractivity (Wildman–Crippen MR) is 179 cm³/mol. The largest absolute Gasteiger partial charge is 0.383 e. The molecule has 4 aromatic heterocycles. The minimum absolute atomic E-state index is 0.394. The highest BCUT2D eigenvalue weighted by atomic mass is 19.1. The Hall–Kier alpha value is -4.64. The number of carbonyl (C=O) groups excluding carboxylic acids is 1. The zero-order chi connectivity index (χ0) is 32.1. The Morgan fingerprint density at radius 1 is 0.957 bits per heavy atom. The van der Waals surface area contributed by atoms with Gasteiger partial charge in [0, 0.05) is 61.9 Å². The number of nitrogens with two attached hydrogens (primary N) is 1. The van der Waals surface area contributed by atoms with Crippen molar-refractivity contribution in [2.45, 2.75) is 69.5 Å². The van der Waals surface area contributed by atoms with Gasteiger partial charge in [-0.15, -0.1) is 0 Å². The number of nitrogen functional groups attached to an aromatic ring is 1. The lowest BCUT2D eigenvalue weighted by molar-refractivity contribution is -0.133. The number of nitrogens with one attached hydrogen (secondary N) is 1. The second kappa shape index (κ2) is 12.2. The maximum atomic E-state index is 14.1. The second-order valence-electron chi connectivity index (χ2n) is 13.3. The third-order valence-electron chi connectivity index (χ3n) is 9.88. The molecular formula is C36H40FN9O. The molecule has 1 aromatic carbocycles. The number of fused-ring (bicyclic) bond motifs is 2. The number of halogens is 1. The molecule has 2 saturated carbocycles. The maximum Gasteiger partial charge on any atom is 0.225 e. The smallest absolute Gasteiger partial charge is 0.225 e. The molecule has 47 heavy (non-hydrogen) atoms. The molecule has 1 unspecified atom stereocenters. The minimum Gasteiger partial charge on any atom is -0.383 e. The summed E-state index contributed by atoms with van der Waals surface area (Å²) in [5.41, 5.74) is 12.4. The van der Waals surface area contributed by atoms with E-state index in [1.807, 2.05) is 69.9 Å². The second-order valence-corrected chi connectivity index (χ2v) is 13.3. The number of imidazole rings is 1. The topological polar surface area (TPSA) is 120 Å². The lowest BCUT2D eigenvalue weighted by Gasteiger charge is -2.31. The van der Waals surface area contributed by atoms with Crippen molar-refractivity contribution in [2.24, 2.45) is 5.92 Å². The van der Waals surface area contributed by atoms with Crippen molar-refractivity contribution in [3.05, 3.63) is 77.7 Å². The highest BCUT2D eigenvalue weighted by molar-refractivity contribution is 5.83. The van der Waals surface area contributed by atoms with Crippen molar-refractivity contribution < 1.29 is 9.18 Å². The summed E-state index contributed by atoms with van der Waals surface area (Å²) in [7, 11) is 2.00. The molecule has 9 rings (SSSR count). The number of amides is 1. The molecule has 3 aliphatic carbocycles. The van der Waals surface area contributed by atoms with E-state index in [0.717, 1.165) is 78.2 Å². The van der Waals surface area contributed by atoms with Crippen LogP contribution in [0.2, 0.25) is 0 Å². The summed E-state index contributed by atoms with van der Waals surface area (Å²) >= 11 is 0. The number of likely N-dealkylation sites (tertiary alicyclic amines) is 1. The Balaban J connectivity index is 0.000000209. The number of hydrogen-bond acceptors (Lipinski definition) is 7. The molecule has 0 bridgehead atoms. The average molecular weight is 634 g/mol. The van der Waals surface area contributed by atoms with Gasteiger partial charge in [-0.05, 0) is 99.2 Å². The molecule has 1 saturated heterocycles. The summed E-state index contributed by atoms with van der Waals surface area (Å²) in [6.45, 7) is 1.92. The number of rotatable bonds is 6. The van der Waals surface area contributed by atoms with Crippen LogP contribution in [0, 0.1) is 5.92 Å². The third kappa shape index (κ3) is 6.00. The Kier molecular flexibility index (Phi) is 7.71. The Bertz CT molecular complexity index is 1930. The fourth-order valence-electron chi connectivity index (χ4n) is 6.84. The molecule has 11 heteroatoms. The summed E-state index contributed by atoms with van der Waals surface area (Å²) in [6.07, 6.45) is 10.6.